The van der Waals surface area contributed by atoms with Gasteiger partial charge in [-0.05, 0) is 36.6 Å². The second kappa shape index (κ2) is 7.92. The Hall–Kier alpha value is -3.33. The third kappa shape index (κ3) is 3.93. The van der Waals surface area contributed by atoms with Gasteiger partial charge in [0, 0.05) is 23.6 Å². The molecule has 0 aliphatic carbocycles. The molecule has 3 aromatic rings. The lowest BCUT2D eigenvalue weighted by Gasteiger charge is -2.10. The van der Waals surface area contributed by atoms with Crippen molar-refractivity contribution in [1.29, 1.82) is 0 Å². The van der Waals surface area contributed by atoms with E-state index < -0.39 is 10.8 Å². The fraction of sp³-hybridized carbons (Fsp3) is 0.111. The molecule has 0 unspecified atom stereocenters. The largest absolute Gasteiger partial charge is 0.495 e. The number of nitrogens with zero attached hydrogens (tertiary/aromatic N) is 2. The van der Waals surface area contributed by atoms with Crippen molar-refractivity contribution in [2.75, 3.05) is 18.7 Å². The summed E-state index contributed by atoms with van der Waals surface area (Å²) in [7, 11) is 1.43. The van der Waals surface area contributed by atoms with Gasteiger partial charge < -0.3 is 15.0 Å². The highest BCUT2D eigenvalue weighted by molar-refractivity contribution is 7.98. The van der Waals surface area contributed by atoms with Crippen molar-refractivity contribution in [2.45, 2.75) is 4.90 Å². The number of rotatable bonds is 6. The van der Waals surface area contributed by atoms with Crippen molar-refractivity contribution < 1.29 is 14.5 Å². The lowest BCUT2D eigenvalue weighted by molar-refractivity contribution is -0.385. The predicted octanol–water partition coefficient (Wildman–Crippen LogP) is 3.97. The predicted molar refractivity (Wildman–Crippen MR) is 103 cm³/mol. The standard InChI is InChI=1S/C18H16N4O4S/c1-26-15-10-14(22(24)25)13(9-16(15)27-2)18(23)21-12-5-3-11(4-6-12)17-19-7-8-20-17/h3-10H,1-2H3,(H,19,20)(H,21,23). The molecule has 3 rings (SSSR count). The van der Waals surface area contributed by atoms with Gasteiger partial charge in [-0.1, -0.05) is 0 Å². The molecule has 0 saturated carbocycles. The SMILES string of the molecule is COc1cc([N+](=O)[O-])c(C(=O)Nc2ccc(-c3ncc[nH]3)cc2)cc1SC. The van der Waals surface area contributed by atoms with E-state index in [9.17, 15) is 14.9 Å². The van der Waals surface area contributed by atoms with E-state index in [0.29, 0.717) is 22.2 Å². The first kappa shape index (κ1) is 18.5. The highest BCUT2D eigenvalue weighted by Gasteiger charge is 2.24. The lowest BCUT2D eigenvalue weighted by atomic mass is 10.1. The van der Waals surface area contributed by atoms with E-state index in [1.54, 1.807) is 42.9 Å². The van der Waals surface area contributed by atoms with Crippen LogP contribution in [0.5, 0.6) is 5.75 Å². The number of anilines is 1. The Morgan fingerprint density at radius 2 is 2.04 bits per heavy atom. The van der Waals surface area contributed by atoms with Crippen LogP contribution in [0.2, 0.25) is 0 Å². The van der Waals surface area contributed by atoms with Crippen LogP contribution in [0.25, 0.3) is 11.4 Å². The molecule has 8 nitrogen and oxygen atoms in total. The molecule has 9 heteroatoms. The molecular weight excluding hydrogens is 368 g/mol. The number of carbonyl (C=O) groups excluding carboxylic acids is 1. The number of carbonyl (C=O) groups is 1. The number of methoxy groups -OCH3 is 1. The number of nitro groups is 1. The zero-order chi connectivity index (χ0) is 19.4. The van der Waals surface area contributed by atoms with Crippen LogP contribution in [-0.2, 0) is 0 Å². The summed E-state index contributed by atoms with van der Waals surface area (Å²) in [6.07, 6.45) is 5.17. The molecule has 0 aliphatic heterocycles. The molecule has 0 spiro atoms. The maximum absolute atomic E-state index is 12.6. The van der Waals surface area contributed by atoms with Gasteiger partial charge in [-0.15, -0.1) is 11.8 Å². The molecule has 0 atom stereocenters. The monoisotopic (exact) mass is 384 g/mol. The van der Waals surface area contributed by atoms with Gasteiger partial charge in [0.15, 0.2) is 0 Å². The van der Waals surface area contributed by atoms with Crippen molar-refractivity contribution >= 4 is 29.0 Å². The van der Waals surface area contributed by atoms with Gasteiger partial charge >= 0.3 is 0 Å². The Morgan fingerprint density at radius 3 is 2.59 bits per heavy atom. The van der Waals surface area contributed by atoms with E-state index in [1.807, 2.05) is 0 Å². The van der Waals surface area contributed by atoms with Crippen LogP contribution in [0.3, 0.4) is 0 Å². The highest BCUT2D eigenvalue weighted by atomic mass is 32.2. The van der Waals surface area contributed by atoms with E-state index in [1.165, 1.54) is 31.0 Å². The summed E-state index contributed by atoms with van der Waals surface area (Å²) in [6.45, 7) is 0. The van der Waals surface area contributed by atoms with Gasteiger partial charge in [-0.2, -0.15) is 0 Å². The van der Waals surface area contributed by atoms with Crippen molar-refractivity contribution in [3.63, 3.8) is 0 Å². The van der Waals surface area contributed by atoms with Crippen molar-refractivity contribution in [3.8, 4) is 17.1 Å². The minimum absolute atomic E-state index is 0.0275. The highest BCUT2D eigenvalue weighted by Crippen LogP contribution is 2.34. The Labute approximate surface area is 159 Å². The molecule has 2 N–H and O–H groups in total. The summed E-state index contributed by atoms with van der Waals surface area (Å²) in [5.74, 6) is 0.502. The zero-order valence-corrected chi connectivity index (χ0v) is 15.4. The lowest BCUT2D eigenvalue weighted by Crippen LogP contribution is -2.14. The van der Waals surface area contributed by atoms with Crippen LogP contribution in [0.1, 0.15) is 10.4 Å². The third-order valence-corrected chi connectivity index (χ3v) is 4.62. The molecular formula is C18H16N4O4S. The quantitative estimate of drug-likeness (QED) is 0.378. The Bertz CT molecular complexity index is 972. The number of nitrogens with one attached hydrogen (secondary N) is 2. The maximum Gasteiger partial charge on any atom is 0.285 e. The summed E-state index contributed by atoms with van der Waals surface area (Å²) >= 11 is 1.34. The average molecular weight is 384 g/mol. The molecule has 27 heavy (non-hydrogen) atoms. The summed E-state index contributed by atoms with van der Waals surface area (Å²) in [6, 6.07) is 9.74. The van der Waals surface area contributed by atoms with Crippen molar-refractivity contribution in [2.24, 2.45) is 0 Å². The van der Waals surface area contributed by atoms with Crippen LogP contribution in [-0.4, -0.2) is 34.2 Å². The number of hydrogen-bond acceptors (Lipinski definition) is 6. The molecule has 138 valence electrons. The first-order valence-corrected chi connectivity index (χ1v) is 9.07. The third-order valence-electron chi connectivity index (χ3n) is 3.86. The van der Waals surface area contributed by atoms with E-state index in [4.69, 9.17) is 4.74 Å². The first-order valence-electron chi connectivity index (χ1n) is 7.85. The van der Waals surface area contributed by atoms with Gasteiger partial charge in [-0.25, -0.2) is 4.98 Å². The molecule has 2 aromatic carbocycles. The maximum atomic E-state index is 12.6. The number of benzene rings is 2. The second-order valence-electron chi connectivity index (χ2n) is 5.45. The Kier molecular flexibility index (Phi) is 5.41. The number of imidazole rings is 1. The fourth-order valence-corrected chi connectivity index (χ4v) is 3.11. The summed E-state index contributed by atoms with van der Waals surface area (Å²) < 4.78 is 5.16. The molecule has 0 saturated heterocycles. The van der Waals surface area contributed by atoms with E-state index in [-0.39, 0.29) is 11.3 Å². The van der Waals surface area contributed by atoms with Crippen molar-refractivity contribution in [3.05, 3.63) is 64.5 Å². The minimum Gasteiger partial charge on any atom is -0.495 e. The number of amides is 1. The number of nitro benzene ring substituents is 1. The minimum atomic E-state index is -0.596. The van der Waals surface area contributed by atoms with Crippen molar-refractivity contribution in [1.82, 2.24) is 9.97 Å². The number of ether oxygens (including phenoxy) is 1. The number of thioether (sulfide) groups is 1. The summed E-state index contributed by atoms with van der Waals surface area (Å²) in [5.41, 5.74) is 1.04. The van der Waals surface area contributed by atoms with Crippen LogP contribution < -0.4 is 10.1 Å². The zero-order valence-electron chi connectivity index (χ0n) is 14.6. The van der Waals surface area contributed by atoms with Crippen LogP contribution >= 0.6 is 11.8 Å². The van der Waals surface area contributed by atoms with Crippen LogP contribution in [0.4, 0.5) is 11.4 Å². The molecule has 1 heterocycles. The summed E-state index contributed by atoms with van der Waals surface area (Å²) in [4.78, 5) is 31.2. The Balaban J connectivity index is 1.88. The van der Waals surface area contributed by atoms with Gasteiger partial charge in [0.2, 0.25) is 0 Å². The number of H-pyrrole nitrogens is 1. The first-order chi connectivity index (χ1) is 13.0. The molecule has 0 bridgehead atoms. The van der Waals surface area contributed by atoms with Gasteiger partial charge in [0.25, 0.3) is 11.6 Å². The van der Waals surface area contributed by atoms with Gasteiger partial charge in [-0.3, -0.25) is 14.9 Å². The average Bonchev–Trinajstić information content (AvgIpc) is 3.22. The molecule has 0 fully saturated rings. The second-order valence-corrected chi connectivity index (χ2v) is 6.30. The number of aromatic nitrogens is 2. The topological polar surface area (TPSA) is 110 Å². The van der Waals surface area contributed by atoms with E-state index in [2.05, 4.69) is 15.3 Å². The van der Waals surface area contributed by atoms with Gasteiger partial charge in [0.05, 0.1) is 23.0 Å². The molecule has 1 amide bonds. The molecule has 1 aromatic heterocycles. The number of aromatic amines is 1. The summed E-state index contributed by atoms with van der Waals surface area (Å²) in [5, 5.41) is 14.1. The van der Waals surface area contributed by atoms with Crippen LogP contribution in [0, 0.1) is 10.1 Å². The fourth-order valence-electron chi connectivity index (χ4n) is 2.53. The van der Waals surface area contributed by atoms with E-state index >= 15 is 0 Å². The Morgan fingerprint density at radius 1 is 1.30 bits per heavy atom. The number of hydrogen-bond donors (Lipinski definition) is 2. The van der Waals surface area contributed by atoms with Crippen LogP contribution in [0.15, 0.2) is 53.7 Å². The molecule has 0 radical (unpaired) electrons. The molecule has 0 aliphatic rings. The smallest absolute Gasteiger partial charge is 0.285 e. The van der Waals surface area contributed by atoms with Gasteiger partial charge in [0.1, 0.15) is 17.1 Å². The van der Waals surface area contributed by atoms with E-state index in [0.717, 1.165) is 5.56 Å². The normalized spacial score (nSPS) is 10.4.